The summed E-state index contributed by atoms with van der Waals surface area (Å²) in [5.74, 6) is 0.564. The summed E-state index contributed by atoms with van der Waals surface area (Å²) in [6.07, 6.45) is 0. The van der Waals surface area contributed by atoms with Gasteiger partial charge in [-0.15, -0.1) is 0 Å². The molecule has 0 aliphatic heterocycles. The van der Waals surface area contributed by atoms with Crippen LogP contribution in [0.2, 0.25) is 10.0 Å². The van der Waals surface area contributed by atoms with Crippen LogP contribution in [0.1, 0.15) is 19.4 Å². The largest absolute Gasteiger partial charge is 0.362 e. The highest BCUT2D eigenvalue weighted by atomic mass is 35.5. The van der Waals surface area contributed by atoms with E-state index in [0.717, 1.165) is 12.1 Å². The molecule has 1 aromatic carbocycles. The highest BCUT2D eigenvalue weighted by Gasteiger charge is 2.02. The summed E-state index contributed by atoms with van der Waals surface area (Å²) >= 11 is 17.0. The van der Waals surface area contributed by atoms with Crippen LogP contribution in [0.25, 0.3) is 0 Å². The quantitative estimate of drug-likeness (QED) is 0.829. The second kappa shape index (κ2) is 7.04. The second-order valence-electron chi connectivity index (χ2n) is 4.19. The van der Waals surface area contributed by atoms with Gasteiger partial charge in [-0.2, -0.15) is 0 Å². The molecular formula is C12H16Cl2N2S. The molecule has 17 heavy (non-hydrogen) atoms. The molecule has 0 aliphatic carbocycles. The van der Waals surface area contributed by atoms with Crippen molar-refractivity contribution in [3.8, 4) is 0 Å². The van der Waals surface area contributed by atoms with Crippen molar-refractivity contribution >= 4 is 40.5 Å². The van der Waals surface area contributed by atoms with Crippen LogP contribution in [-0.2, 0) is 6.54 Å². The first kappa shape index (κ1) is 14.6. The lowest BCUT2D eigenvalue weighted by atomic mass is 10.2. The Morgan fingerprint density at radius 3 is 2.59 bits per heavy atom. The van der Waals surface area contributed by atoms with Crippen molar-refractivity contribution in [1.82, 2.24) is 10.6 Å². The maximum Gasteiger partial charge on any atom is 0.166 e. The molecule has 0 radical (unpaired) electrons. The molecule has 0 unspecified atom stereocenters. The minimum Gasteiger partial charge on any atom is -0.362 e. The number of halogens is 2. The van der Waals surface area contributed by atoms with Crippen molar-refractivity contribution in [2.24, 2.45) is 5.92 Å². The van der Waals surface area contributed by atoms with Crippen molar-refractivity contribution in [3.05, 3.63) is 33.8 Å². The van der Waals surface area contributed by atoms with Gasteiger partial charge in [0.15, 0.2) is 5.11 Å². The summed E-state index contributed by atoms with van der Waals surface area (Å²) in [6.45, 7) is 5.72. The van der Waals surface area contributed by atoms with Gasteiger partial charge >= 0.3 is 0 Å². The zero-order chi connectivity index (χ0) is 12.8. The minimum absolute atomic E-state index is 0.564. The molecule has 0 aromatic heterocycles. The summed E-state index contributed by atoms with van der Waals surface area (Å²) in [7, 11) is 0. The van der Waals surface area contributed by atoms with Crippen LogP contribution in [0.5, 0.6) is 0 Å². The van der Waals surface area contributed by atoms with Crippen molar-refractivity contribution in [1.29, 1.82) is 0 Å². The van der Waals surface area contributed by atoms with Gasteiger partial charge in [-0.1, -0.05) is 43.1 Å². The fraction of sp³-hybridized carbons (Fsp3) is 0.417. The summed E-state index contributed by atoms with van der Waals surface area (Å²) in [4.78, 5) is 0. The van der Waals surface area contributed by atoms with E-state index in [0.29, 0.717) is 27.6 Å². The first-order valence-electron chi connectivity index (χ1n) is 5.44. The van der Waals surface area contributed by atoms with E-state index in [-0.39, 0.29) is 0 Å². The molecule has 94 valence electrons. The summed E-state index contributed by atoms with van der Waals surface area (Å²) < 4.78 is 0. The lowest BCUT2D eigenvalue weighted by Crippen LogP contribution is -2.36. The third kappa shape index (κ3) is 5.57. The molecule has 0 bridgehead atoms. The predicted octanol–water partition coefficient (Wildman–Crippen LogP) is 3.61. The maximum atomic E-state index is 6.05. The zero-order valence-corrected chi connectivity index (χ0v) is 12.2. The van der Waals surface area contributed by atoms with Crippen molar-refractivity contribution in [2.45, 2.75) is 20.4 Å². The molecule has 1 aromatic rings. The van der Waals surface area contributed by atoms with Crippen LogP contribution in [-0.4, -0.2) is 11.7 Å². The average molecular weight is 291 g/mol. The van der Waals surface area contributed by atoms with E-state index in [1.807, 2.05) is 12.1 Å². The fourth-order valence-corrected chi connectivity index (χ4v) is 1.83. The Bertz CT molecular complexity index is 394. The van der Waals surface area contributed by atoms with Gasteiger partial charge in [0.1, 0.15) is 0 Å². The summed E-state index contributed by atoms with van der Waals surface area (Å²) in [5.41, 5.74) is 0.977. The van der Waals surface area contributed by atoms with E-state index < -0.39 is 0 Å². The van der Waals surface area contributed by atoms with Gasteiger partial charge < -0.3 is 10.6 Å². The van der Waals surface area contributed by atoms with E-state index in [1.165, 1.54) is 0 Å². The summed E-state index contributed by atoms with van der Waals surface area (Å²) in [5, 5.41) is 8.17. The maximum absolute atomic E-state index is 6.05. The third-order valence-corrected chi connectivity index (χ3v) is 3.00. The minimum atomic E-state index is 0.564. The number of nitrogens with one attached hydrogen (secondary N) is 2. The number of hydrogen-bond donors (Lipinski definition) is 2. The Balaban J connectivity index is 2.42. The molecule has 1 rings (SSSR count). The highest BCUT2D eigenvalue weighted by molar-refractivity contribution is 7.80. The molecule has 5 heteroatoms. The van der Waals surface area contributed by atoms with Crippen LogP contribution in [0.3, 0.4) is 0 Å². The van der Waals surface area contributed by atoms with Crippen molar-refractivity contribution in [2.75, 3.05) is 6.54 Å². The summed E-state index contributed by atoms with van der Waals surface area (Å²) in [6, 6.07) is 5.43. The van der Waals surface area contributed by atoms with Gasteiger partial charge in [0.05, 0.1) is 0 Å². The lowest BCUT2D eigenvalue weighted by Gasteiger charge is -2.12. The second-order valence-corrected chi connectivity index (χ2v) is 5.45. The van der Waals surface area contributed by atoms with Gasteiger partial charge in [0, 0.05) is 23.1 Å². The molecule has 0 atom stereocenters. The first-order valence-corrected chi connectivity index (χ1v) is 6.61. The monoisotopic (exact) mass is 290 g/mol. The normalized spacial score (nSPS) is 10.4. The van der Waals surface area contributed by atoms with Crippen molar-refractivity contribution in [3.63, 3.8) is 0 Å². The van der Waals surface area contributed by atoms with Gasteiger partial charge in [0.25, 0.3) is 0 Å². The zero-order valence-electron chi connectivity index (χ0n) is 9.89. The Hall–Kier alpha value is -0.510. The topological polar surface area (TPSA) is 24.1 Å². The van der Waals surface area contributed by atoms with Gasteiger partial charge in [0.2, 0.25) is 0 Å². The predicted molar refractivity (Wildman–Crippen MR) is 78.7 cm³/mol. The molecule has 0 fully saturated rings. The lowest BCUT2D eigenvalue weighted by molar-refractivity contribution is 0.619. The van der Waals surface area contributed by atoms with E-state index in [9.17, 15) is 0 Å². The molecule has 2 N–H and O–H groups in total. The molecule has 0 amide bonds. The van der Waals surface area contributed by atoms with Gasteiger partial charge in [-0.25, -0.2) is 0 Å². The van der Waals surface area contributed by atoms with E-state index in [1.54, 1.807) is 6.07 Å². The average Bonchev–Trinajstić information content (AvgIpc) is 2.25. The fourth-order valence-electron chi connectivity index (χ4n) is 1.20. The molecule has 0 aliphatic rings. The Morgan fingerprint density at radius 2 is 2.00 bits per heavy atom. The van der Waals surface area contributed by atoms with E-state index >= 15 is 0 Å². The third-order valence-electron chi connectivity index (χ3n) is 2.13. The van der Waals surface area contributed by atoms with Crippen LogP contribution in [0.15, 0.2) is 18.2 Å². The number of hydrogen-bond acceptors (Lipinski definition) is 1. The number of benzene rings is 1. The smallest absolute Gasteiger partial charge is 0.166 e. The number of rotatable bonds is 4. The Kier molecular flexibility index (Phi) is 6.03. The molecule has 0 saturated carbocycles. The first-order chi connectivity index (χ1) is 7.99. The van der Waals surface area contributed by atoms with Crippen LogP contribution >= 0.6 is 35.4 Å². The standard InChI is InChI=1S/C12H16Cl2N2S/c1-8(2)6-15-12(17)16-7-9-3-4-10(13)5-11(9)14/h3-5,8H,6-7H2,1-2H3,(H2,15,16,17). The van der Waals surface area contributed by atoms with Gasteiger partial charge in [-0.05, 0) is 35.8 Å². The van der Waals surface area contributed by atoms with Gasteiger partial charge in [-0.3, -0.25) is 0 Å². The Labute approximate surface area is 118 Å². The van der Waals surface area contributed by atoms with Crippen LogP contribution in [0, 0.1) is 5.92 Å². The SMILES string of the molecule is CC(C)CNC(=S)NCc1ccc(Cl)cc1Cl. The van der Waals surface area contributed by atoms with E-state index in [4.69, 9.17) is 35.4 Å². The molecule has 0 spiro atoms. The molecule has 2 nitrogen and oxygen atoms in total. The van der Waals surface area contributed by atoms with Crippen LogP contribution in [0.4, 0.5) is 0 Å². The van der Waals surface area contributed by atoms with E-state index in [2.05, 4.69) is 24.5 Å². The number of thiocarbonyl (C=S) groups is 1. The highest BCUT2D eigenvalue weighted by Crippen LogP contribution is 2.20. The van der Waals surface area contributed by atoms with Crippen molar-refractivity contribution < 1.29 is 0 Å². The Morgan fingerprint density at radius 1 is 1.29 bits per heavy atom. The molecular weight excluding hydrogens is 275 g/mol. The molecule has 0 saturated heterocycles. The van der Waals surface area contributed by atoms with Crippen LogP contribution < -0.4 is 10.6 Å². The molecule has 0 heterocycles.